The molecule has 6 nitrogen and oxygen atoms in total. The molecule has 2 rings (SSSR count). The third kappa shape index (κ3) is 2.66. The molecule has 96 valence electrons. The van der Waals surface area contributed by atoms with Crippen molar-refractivity contribution in [3.05, 3.63) is 29.8 Å². The highest BCUT2D eigenvalue weighted by Crippen LogP contribution is 2.21. The number of benzene rings is 1. The molecule has 3 N–H and O–H groups in total. The summed E-state index contributed by atoms with van der Waals surface area (Å²) in [5.74, 6) is -1.15. The predicted molar refractivity (Wildman–Crippen MR) is 63.8 cm³/mol. The van der Waals surface area contributed by atoms with E-state index in [4.69, 9.17) is 15.7 Å². The monoisotopic (exact) mass is 250 g/mol. The Morgan fingerprint density at radius 2 is 2.33 bits per heavy atom. The molecule has 1 aromatic carbocycles. The van der Waals surface area contributed by atoms with Crippen LogP contribution in [0.4, 0.5) is 5.69 Å². The average molecular weight is 250 g/mol. The number of carboxylic acid groups (broad SMARTS) is 1. The lowest BCUT2D eigenvalue weighted by atomic mass is 10.1. The number of hydroxylamine groups is 1. The van der Waals surface area contributed by atoms with Gasteiger partial charge in [-0.25, -0.2) is 0 Å². The van der Waals surface area contributed by atoms with Crippen LogP contribution >= 0.6 is 0 Å². The number of amides is 1. The summed E-state index contributed by atoms with van der Waals surface area (Å²) in [6.45, 7) is 0.373. The van der Waals surface area contributed by atoms with Crippen LogP contribution in [0.15, 0.2) is 24.3 Å². The Kier molecular flexibility index (Phi) is 3.59. The van der Waals surface area contributed by atoms with E-state index in [1.54, 1.807) is 24.3 Å². The zero-order valence-electron chi connectivity index (χ0n) is 9.70. The molecule has 1 saturated heterocycles. The van der Waals surface area contributed by atoms with E-state index >= 15 is 0 Å². The maximum Gasteiger partial charge on any atom is 0.320 e. The number of nitrogens with two attached hydrogens (primary N) is 1. The number of rotatable bonds is 4. The first-order chi connectivity index (χ1) is 8.58. The summed E-state index contributed by atoms with van der Waals surface area (Å²) in [4.78, 5) is 27.4. The van der Waals surface area contributed by atoms with E-state index in [1.807, 2.05) is 0 Å². The Bertz CT molecular complexity index is 475. The van der Waals surface area contributed by atoms with Crippen molar-refractivity contribution in [1.82, 2.24) is 0 Å². The summed E-state index contributed by atoms with van der Waals surface area (Å²) in [5, 5.41) is 9.98. The molecule has 1 atom stereocenters. The number of aliphatic carboxylic acids is 1. The minimum absolute atomic E-state index is 0.102. The predicted octanol–water partition coefficient (Wildman–Crippen LogP) is 0.309. The standard InChI is InChI=1S/C12H14N2O4/c13-10(12(16)17)7-8-2-1-3-9(6-8)14-11(15)4-5-18-14/h1-3,6,10H,4-5,7,13H2,(H,16,17). The van der Waals surface area contributed by atoms with E-state index in [1.165, 1.54) is 5.06 Å². The van der Waals surface area contributed by atoms with Gasteiger partial charge in [-0.2, -0.15) is 5.06 Å². The van der Waals surface area contributed by atoms with Gasteiger partial charge in [-0.1, -0.05) is 12.1 Å². The molecule has 0 aromatic heterocycles. The van der Waals surface area contributed by atoms with Crippen molar-refractivity contribution in [3.63, 3.8) is 0 Å². The van der Waals surface area contributed by atoms with Crippen LogP contribution in [-0.4, -0.2) is 29.6 Å². The van der Waals surface area contributed by atoms with Gasteiger partial charge in [0, 0.05) is 0 Å². The fourth-order valence-electron chi connectivity index (χ4n) is 1.77. The van der Waals surface area contributed by atoms with E-state index in [0.717, 1.165) is 5.56 Å². The molecule has 0 bridgehead atoms. The lowest BCUT2D eigenvalue weighted by Crippen LogP contribution is -2.32. The van der Waals surface area contributed by atoms with Gasteiger partial charge in [0.15, 0.2) is 0 Å². The summed E-state index contributed by atoms with van der Waals surface area (Å²) in [6.07, 6.45) is 0.573. The lowest BCUT2D eigenvalue weighted by molar-refractivity contribution is -0.138. The van der Waals surface area contributed by atoms with Gasteiger partial charge < -0.3 is 10.8 Å². The lowest BCUT2D eigenvalue weighted by Gasteiger charge is -2.15. The Hall–Kier alpha value is -1.92. The molecule has 1 fully saturated rings. The Morgan fingerprint density at radius 1 is 1.56 bits per heavy atom. The summed E-state index contributed by atoms with van der Waals surface area (Å²) in [7, 11) is 0. The van der Waals surface area contributed by atoms with Crippen molar-refractivity contribution >= 4 is 17.6 Å². The van der Waals surface area contributed by atoms with E-state index in [0.29, 0.717) is 18.7 Å². The number of hydrogen-bond donors (Lipinski definition) is 2. The van der Waals surface area contributed by atoms with Gasteiger partial charge in [0.25, 0.3) is 5.91 Å². The second-order valence-corrected chi connectivity index (χ2v) is 4.09. The molecule has 0 aliphatic carbocycles. The fourth-order valence-corrected chi connectivity index (χ4v) is 1.77. The first-order valence-electron chi connectivity index (χ1n) is 5.61. The summed E-state index contributed by atoms with van der Waals surface area (Å²) in [6, 6.07) is 6.02. The minimum atomic E-state index is -1.05. The third-order valence-electron chi connectivity index (χ3n) is 2.68. The number of carboxylic acids is 1. The maximum atomic E-state index is 11.5. The molecule has 1 heterocycles. The molecule has 0 radical (unpaired) electrons. The third-order valence-corrected chi connectivity index (χ3v) is 2.68. The molecule has 6 heteroatoms. The normalized spacial score (nSPS) is 16.9. The van der Waals surface area contributed by atoms with Crippen molar-refractivity contribution in [3.8, 4) is 0 Å². The van der Waals surface area contributed by atoms with Crippen molar-refractivity contribution in [2.75, 3.05) is 11.7 Å². The van der Waals surface area contributed by atoms with Crippen LogP contribution in [-0.2, 0) is 20.8 Å². The number of anilines is 1. The smallest absolute Gasteiger partial charge is 0.320 e. The number of carbonyl (C=O) groups excluding carboxylic acids is 1. The van der Waals surface area contributed by atoms with Crippen LogP contribution in [0.5, 0.6) is 0 Å². The van der Waals surface area contributed by atoms with Crippen LogP contribution in [0, 0.1) is 0 Å². The SMILES string of the molecule is NC(Cc1cccc(N2OCCC2=O)c1)C(=O)O. The van der Waals surface area contributed by atoms with Crippen LogP contribution < -0.4 is 10.8 Å². The molecule has 1 unspecified atom stereocenters. The van der Waals surface area contributed by atoms with Gasteiger partial charge in [-0.05, 0) is 24.1 Å². The van der Waals surface area contributed by atoms with E-state index in [-0.39, 0.29) is 12.3 Å². The zero-order chi connectivity index (χ0) is 13.1. The Labute approximate surface area is 104 Å². The van der Waals surface area contributed by atoms with E-state index < -0.39 is 12.0 Å². The first kappa shape index (κ1) is 12.5. The first-order valence-corrected chi connectivity index (χ1v) is 5.61. The van der Waals surface area contributed by atoms with Crippen LogP contribution in [0.1, 0.15) is 12.0 Å². The highest BCUT2D eigenvalue weighted by Gasteiger charge is 2.23. The average Bonchev–Trinajstić information content (AvgIpc) is 2.75. The minimum Gasteiger partial charge on any atom is -0.480 e. The number of hydrogen-bond acceptors (Lipinski definition) is 4. The molecule has 1 amide bonds. The van der Waals surface area contributed by atoms with Gasteiger partial charge in [0.05, 0.1) is 18.7 Å². The quantitative estimate of drug-likeness (QED) is 0.802. The van der Waals surface area contributed by atoms with Crippen molar-refractivity contribution in [1.29, 1.82) is 0 Å². The Balaban J connectivity index is 2.14. The highest BCUT2D eigenvalue weighted by molar-refractivity contribution is 5.92. The molecular weight excluding hydrogens is 236 g/mol. The maximum absolute atomic E-state index is 11.5. The van der Waals surface area contributed by atoms with Crippen LogP contribution in [0.3, 0.4) is 0 Å². The largest absolute Gasteiger partial charge is 0.480 e. The topological polar surface area (TPSA) is 92.9 Å². The summed E-state index contributed by atoms with van der Waals surface area (Å²) >= 11 is 0. The molecule has 18 heavy (non-hydrogen) atoms. The molecule has 0 spiro atoms. The molecule has 0 saturated carbocycles. The van der Waals surface area contributed by atoms with Crippen molar-refractivity contribution in [2.45, 2.75) is 18.9 Å². The van der Waals surface area contributed by atoms with Crippen molar-refractivity contribution < 1.29 is 19.5 Å². The molecule has 1 aliphatic rings. The van der Waals surface area contributed by atoms with Gasteiger partial charge in [0.1, 0.15) is 6.04 Å². The Morgan fingerprint density at radius 3 is 2.94 bits per heavy atom. The summed E-state index contributed by atoms with van der Waals surface area (Å²) < 4.78 is 0. The second-order valence-electron chi connectivity index (χ2n) is 4.09. The molecule has 1 aliphatic heterocycles. The summed E-state index contributed by atoms with van der Waals surface area (Å²) in [5.41, 5.74) is 6.83. The van der Waals surface area contributed by atoms with Crippen molar-refractivity contribution in [2.24, 2.45) is 5.73 Å². The van der Waals surface area contributed by atoms with E-state index in [2.05, 4.69) is 0 Å². The van der Waals surface area contributed by atoms with Gasteiger partial charge in [-0.3, -0.25) is 14.4 Å². The molecular formula is C12H14N2O4. The molecule has 1 aromatic rings. The van der Waals surface area contributed by atoms with E-state index in [9.17, 15) is 9.59 Å². The number of carbonyl (C=O) groups is 2. The zero-order valence-corrected chi connectivity index (χ0v) is 9.70. The van der Waals surface area contributed by atoms with Gasteiger partial charge in [0.2, 0.25) is 0 Å². The fraction of sp³-hybridized carbons (Fsp3) is 0.333. The van der Waals surface area contributed by atoms with Gasteiger partial charge >= 0.3 is 5.97 Å². The van der Waals surface area contributed by atoms with Gasteiger partial charge in [-0.15, -0.1) is 0 Å². The highest BCUT2D eigenvalue weighted by atomic mass is 16.7. The number of nitrogens with zero attached hydrogens (tertiary/aromatic N) is 1. The second kappa shape index (κ2) is 5.16. The van der Waals surface area contributed by atoms with Crippen LogP contribution in [0.2, 0.25) is 0 Å². The van der Waals surface area contributed by atoms with Crippen LogP contribution in [0.25, 0.3) is 0 Å².